The second kappa shape index (κ2) is 12.0. The summed E-state index contributed by atoms with van der Waals surface area (Å²) in [6, 6.07) is 23.2. The van der Waals surface area contributed by atoms with Crippen molar-refractivity contribution in [2.75, 3.05) is 19.5 Å². The number of aromatic nitrogens is 3. The zero-order chi connectivity index (χ0) is 25.3. The molecule has 0 bridgehead atoms. The molecule has 1 N–H and O–H groups in total. The summed E-state index contributed by atoms with van der Waals surface area (Å²) in [5.41, 5.74) is 6.38. The average Bonchev–Trinajstić information content (AvgIpc) is 3.33. The molecule has 0 unspecified atom stereocenters. The maximum atomic E-state index is 12.5. The summed E-state index contributed by atoms with van der Waals surface area (Å²) in [5.74, 6) is 2.12. The van der Waals surface area contributed by atoms with Gasteiger partial charge in [-0.05, 0) is 67.9 Å². The van der Waals surface area contributed by atoms with Crippen LogP contribution in [0.2, 0.25) is 0 Å². The van der Waals surface area contributed by atoms with Gasteiger partial charge in [-0.25, -0.2) is 5.43 Å². The molecule has 1 heterocycles. The Kier molecular flexibility index (Phi) is 8.36. The normalized spacial score (nSPS) is 11.0. The fourth-order valence-corrected chi connectivity index (χ4v) is 4.12. The van der Waals surface area contributed by atoms with Gasteiger partial charge in [0.1, 0.15) is 11.5 Å². The van der Waals surface area contributed by atoms with Crippen LogP contribution in [0.1, 0.15) is 18.1 Å². The molecule has 184 valence electrons. The Hall–Kier alpha value is -4.11. The van der Waals surface area contributed by atoms with Crippen LogP contribution in [-0.2, 0) is 4.79 Å². The van der Waals surface area contributed by atoms with Gasteiger partial charge in [0.25, 0.3) is 5.91 Å². The Labute approximate surface area is 214 Å². The SMILES string of the molecule is CCOc1ccc(C=NNC(=O)CSc2nnc(-c3ccc(C)cc3)n2-c2ccc(OC)cc2)cc1. The Morgan fingerprint density at radius 2 is 1.69 bits per heavy atom. The van der Waals surface area contributed by atoms with E-state index in [1.807, 2.05) is 91.2 Å². The van der Waals surface area contributed by atoms with Gasteiger partial charge in [-0.3, -0.25) is 9.36 Å². The molecule has 0 fully saturated rings. The molecule has 8 nitrogen and oxygen atoms in total. The molecular weight excluding hydrogens is 474 g/mol. The Morgan fingerprint density at radius 3 is 2.36 bits per heavy atom. The van der Waals surface area contributed by atoms with E-state index < -0.39 is 0 Å². The first-order valence-electron chi connectivity index (χ1n) is 11.4. The Balaban J connectivity index is 1.47. The van der Waals surface area contributed by atoms with Crippen molar-refractivity contribution in [3.05, 3.63) is 83.9 Å². The van der Waals surface area contributed by atoms with Gasteiger partial charge in [0, 0.05) is 11.3 Å². The van der Waals surface area contributed by atoms with E-state index in [0.29, 0.717) is 17.6 Å². The fraction of sp³-hybridized carbons (Fsp3) is 0.185. The van der Waals surface area contributed by atoms with E-state index in [2.05, 4.69) is 20.7 Å². The number of nitrogens with one attached hydrogen (secondary N) is 1. The van der Waals surface area contributed by atoms with E-state index in [4.69, 9.17) is 9.47 Å². The number of nitrogens with zero attached hydrogens (tertiary/aromatic N) is 4. The van der Waals surface area contributed by atoms with Crippen molar-refractivity contribution in [2.24, 2.45) is 5.10 Å². The Morgan fingerprint density at radius 1 is 1.00 bits per heavy atom. The first-order chi connectivity index (χ1) is 17.6. The largest absolute Gasteiger partial charge is 0.497 e. The number of benzene rings is 3. The van der Waals surface area contributed by atoms with Crippen molar-refractivity contribution in [1.82, 2.24) is 20.2 Å². The second-order valence-electron chi connectivity index (χ2n) is 7.79. The molecule has 1 amide bonds. The van der Waals surface area contributed by atoms with Crippen molar-refractivity contribution in [2.45, 2.75) is 19.0 Å². The summed E-state index contributed by atoms with van der Waals surface area (Å²) < 4.78 is 12.7. The third-order valence-corrected chi connectivity index (χ3v) is 6.13. The van der Waals surface area contributed by atoms with E-state index in [9.17, 15) is 4.79 Å². The third-order valence-electron chi connectivity index (χ3n) is 5.20. The van der Waals surface area contributed by atoms with Crippen LogP contribution < -0.4 is 14.9 Å². The molecule has 0 saturated carbocycles. The van der Waals surface area contributed by atoms with Crippen molar-refractivity contribution < 1.29 is 14.3 Å². The van der Waals surface area contributed by atoms with Crippen molar-refractivity contribution in [1.29, 1.82) is 0 Å². The summed E-state index contributed by atoms with van der Waals surface area (Å²) in [5, 5.41) is 13.4. The maximum absolute atomic E-state index is 12.5. The summed E-state index contributed by atoms with van der Waals surface area (Å²) in [6.45, 7) is 4.59. The number of carbonyl (C=O) groups excluding carboxylic acids is 1. The number of carbonyl (C=O) groups is 1. The first-order valence-corrected chi connectivity index (χ1v) is 12.4. The summed E-state index contributed by atoms with van der Waals surface area (Å²) in [6.07, 6.45) is 1.59. The number of amides is 1. The van der Waals surface area contributed by atoms with Crippen LogP contribution in [0.5, 0.6) is 11.5 Å². The van der Waals surface area contributed by atoms with Crippen molar-refractivity contribution in [3.8, 4) is 28.6 Å². The quantitative estimate of drug-likeness (QED) is 0.189. The fourth-order valence-electron chi connectivity index (χ4n) is 3.38. The lowest BCUT2D eigenvalue weighted by molar-refractivity contribution is -0.118. The van der Waals surface area contributed by atoms with Gasteiger partial charge in [-0.1, -0.05) is 41.6 Å². The molecule has 0 saturated heterocycles. The molecule has 0 radical (unpaired) electrons. The van der Waals surface area contributed by atoms with Gasteiger partial charge in [0.2, 0.25) is 0 Å². The number of hydrogen-bond acceptors (Lipinski definition) is 7. The molecule has 0 aliphatic heterocycles. The number of methoxy groups -OCH3 is 1. The molecule has 36 heavy (non-hydrogen) atoms. The van der Waals surface area contributed by atoms with Crippen LogP contribution in [0.25, 0.3) is 17.1 Å². The highest BCUT2D eigenvalue weighted by molar-refractivity contribution is 7.99. The van der Waals surface area contributed by atoms with E-state index in [1.54, 1.807) is 13.3 Å². The molecule has 3 aromatic carbocycles. The molecular formula is C27H27N5O3S. The molecule has 1 aromatic heterocycles. The molecule has 9 heteroatoms. The molecule has 0 spiro atoms. The topological polar surface area (TPSA) is 90.6 Å². The van der Waals surface area contributed by atoms with E-state index in [-0.39, 0.29) is 11.7 Å². The van der Waals surface area contributed by atoms with Gasteiger partial charge in [0.05, 0.1) is 25.7 Å². The average molecular weight is 502 g/mol. The standard InChI is InChI=1S/C27H27N5O3S/c1-4-35-24-13-7-20(8-14-24)17-28-29-25(33)18-36-27-31-30-26(21-9-5-19(2)6-10-21)32(27)22-11-15-23(34-3)16-12-22/h5-17H,4,18H2,1-3H3,(H,29,33). The number of aryl methyl sites for hydroxylation is 1. The molecule has 0 aliphatic carbocycles. The number of rotatable bonds is 10. The predicted molar refractivity (Wildman–Crippen MR) is 142 cm³/mol. The molecule has 0 aliphatic rings. The van der Waals surface area contributed by atoms with Crippen LogP contribution >= 0.6 is 11.8 Å². The minimum absolute atomic E-state index is 0.128. The minimum Gasteiger partial charge on any atom is -0.497 e. The van der Waals surface area contributed by atoms with Gasteiger partial charge in [-0.2, -0.15) is 5.10 Å². The number of thioether (sulfide) groups is 1. The second-order valence-corrected chi connectivity index (χ2v) is 8.73. The van der Waals surface area contributed by atoms with Crippen molar-refractivity contribution in [3.63, 3.8) is 0 Å². The molecule has 4 aromatic rings. The minimum atomic E-state index is -0.247. The van der Waals surface area contributed by atoms with Gasteiger partial charge >= 0.3 is 0 Å². The first kappa shape index (κ1) is 25.0. The molecule has 0 atom stereocenters. The van der Waals surface area contributed by atoms with E-state index in [1.165, 1.54) is 11.8 Å². The van der Waals surface area contributed by atoms with E-state index >= 15 is 0 Å². The summed E-state index contributed by atoms with van der Waals surface area (Å²) in [7, 11) is 1.63. The lowest BCUT2D eigenvalue weighted by Gasteiger charge is -2.11. The van der Waals surface area contributed by atoms with E-state index in [0.717, 1.165) is 33.9 Å². The number of hydrazone groups is 1. The lowest BCUT2D eigenvalue weighted by Crippen LogP contribution is -2.20. The summed E-state index contributed by atoms with van der Waals surface area (Å²) >= 11 is 1.29. The Bertz CT molecular complexity index is 1320. The highest BCUT2D eigenvalue weighted by Crippen LogP contribution is 2.29. The van der Waals surface area contributed by atoms with Crippen molar-refractivity contribution >= 4 is 23.9 Å². The van der Waals surface area contributed by atoms with Gasteiger partial charge in [-0.15, -0.1) is 10.2 Å². The number of ether oxygens (including phenoxy) is 2. The van der Waals surface area contributed by atoms with Crippen LogP contribution in [0.15, 0.2) is 83.1 Å². The lowest BCUT2D eigenvalue weighted by atomic mass is 10.1. The zero-order valence-electron chi connectivity index (χ0n) is 20.3. The third kappa shape index (κ3) is 6.31. The van der Waals surface area contributed by atoms with Gasteiger partial charge in [0.15, 0.2) is 11.0 Å². The predicted octanol–water partition coefficient (Wildman–Crippen LogP) is 4.89. The highest BCUT2D eigenvalue weighted by atomic mass is 32.2. The summed E-state index contributed by atoms with van der Waals surface area (Å²) in [4.78, 5) is 12.5. The van der Waals surface area contributed by atoms with Crippen LogP contribution in [0.3, 0.4) is 0 Å². The van der Waals surface area contributed by atoms with Gasteiger partial charge < -0.3 is 9.47 Å². The molecule has 4 rings (SSSR count). The van der Waals surface area contributed by atoms with Crippen LogP contribution in [-0.4, -0.2) is 46.4 Å². The monoisotopic (exact) mass is 501 g/mol. The zero-order valence-corrected chi connectivity index (χ0v) is 21.2. The number of hydrogen-bond donors (Lipinski definition) is 1. The van der Waals surface area contributed by atoms with Crippen LogP contribution in [0.4, 0.5) is 0 Å². The maximum Gasteiger partial charge on any atom is 0.250 e. The smallest absolute Gasteiger partial charge is 0.250 e. The van der Waals surface area contributed by atoms with Crippen LogP contribution in [0, 0.1) is 6.92 Å². The highest BCUT2D eigenvalue weighted by Gasteiger charge is 2.17.